The van der Waals surface area contributed by atoms with Crippen LogP contribution in [0.25, 0.3) is 11.1 Å². The highest BCUT2D eigenvalue weighted by Crippen LogP contribution is 2.50. The maximum absolute atomic E-state index is 4.29. The molecule has 0 unspecified atom stereocenters. The Kier molecular flexibility index (Phi) is 5.48. The van der Waals surface area contributed by atoms with Gasteiger partial charge in [-0.1, -0.05) is 87.6 Å². The predicted molar refractivity (Wildman–Crippen MR) is 105 cm³/mol. The van der Waals surface area contributed by atoms with Gasteiger partial charge < -0.3 is 0 Å². The van der Waals surface area contributed by atoms with Crippen molar-refractivity contribution in [2.45, 2.75) is 57.3 Å². The van der Waals surface area contributed by atoms with Crippen molar-refractivity contribution in [3.05, 3.63) is 59.7 Å². The molecule has 23 heavy (non-hydrogen) atoms. The zero-order valence-electron chi connectivity index (χ0n) is 14.2. The molecule has 0 aliphatic heterocycles. The average molecular weight is 325 g/mol. The second-order valence-electron chi connectivity index (χ2n) is 7.02. The fourth-order valence-electron chi connectivity index (χ4n) is 4.11. The first-order valence-corrected chi connectivity index (χ1v) is 9.71. The molecular formula is C22H28S. The van der Waals surface area contributed by atoms with E-state index in [2.05, 4.69) is 68.1 Å². The molecule has 1 aliphatic rings. The number of thiol groups is 1. The second kappa shape index (κ2) is 7.57. The molecule has 0 nitrogen and oxygen atoms in total. The Labute approximate surface area is 146 Å². The van der Waals surface area contributed by atoms with Gasteiger partial charge in [0, 0.05) is 5.41 Å². The Morgan fingerprint density at radius 2 is 1.17 bits per heavy atom. The van der Waals surface area contributed by atoms with Crippen LogP contribution in [0.2, 0.25) is 0 Å². The maximum atomic E-state index is 4.29. The summed E-state index contributed by atoms with van der Waals surface area (Å²) in [5.74, 6) is 1.03. The van der Waals surface area contributed by atoms with Crippen LogP contribution in [0.15, 0.2) is 48.5 Å². The molecule has 3 rings (SSSR count). The Morgan fingerprint density at radius 1 is 0.696 bits per heavy atom. The molecule has 0 atom stereocenters. The van der Waals surface area contributed by atoms with Gasteiger partial charge in [0.25, 0.3) is 0 Å². The van der Waals surface area contributed by atoms with Gasteiger partial charge in [-0.25, -0.2) is 0 Å². The minimum atomic E-state index is 0.193. The van der Waals surface area contributed by atoms with Crippen molar-refractivity contribution < 1.29 is 0 Å². The molecule has 0 N–H and O–H groups in total. The van der Waals surface area contributed by atoms with Gasteiger partial charge in [-0.2, -0.15) is 12.6 Å². The van der Waals surface area contributed by atoms with Crippen LogP contribution >= 0.6 is 12.6 Å². The van der Waals surface area contributed by atoms with Crippen LogP contribution in [0.1, 0.15) is 63.0 Å². The van der Waals surface area contributed by atoms with E-state index in [9.17, 15) is 0 Å². The molecule has 1 heteroatoms. The molecule has 0 aromatic heterocycles. The Balaban J connectivity index is 1.68. The molecule has 122 valence electrons. The lowest BCUT2D eigenvalue weighted by Gasteiger charge is -2.27. The van der Waals surface area contributed by atoms with Crippen LogP contribution in [-0.4, -0.2) is 5.75 Å². The number of benzene rings is 2. The summed E-state index contributed by atoms with van der Waals surface area (Å²) < 4.78 is 0. The molecule has 1 aliphatic carbocycles. The van der Waals surface area contributed by atoms with Gasteiger partial charge in [-0.05, 0) is 40.8 Å². The van der Waals surface area contributed by atoms with Crippen molar-refractivity contribution in [3.8, 4) is 11.1 Å². The van der Waals surface area contributed by atoms with Crippen LogP contribution in [0.3, 0.4) is 0 Å². The number of hydrogen-bond donors (Lipinski definition) is 1. The highest BCUT2D eigenvalue weighted by Gasteiger charge is 2.37. The van der Waals surface area contributed by atoms with E-state index < -0.39 is 0 Å². The summed E-state index contributed by atoms with van der Waals surface area (Å²) in [4.78, 5) is 0. The lowest BCUT2D eigenvalue weighted by atomic mass is 9.76. The molecule has 2 aromatic rings. The van der Waals surface area contributed by atoms with Crippen molar-refractivity contribution in [2.75, 3.05) is 5.75 Å². The number of unbranched alkanes of at least 4 members (excludes halogenated alkanes) is 5. The van der Waals surface area contributed by atoms with Gasteiger partial charge in [-0.15, -0.1) is 0 Å². The average Bonchev–Trinajstić information content (AvgIpc) is 2.85. The van der Waals surface area contributed by atoms with E-state index >= 15 is 0 Å². The summed E-state index contributed by atoms with van der Waals surface area (Å²) in [6.45, 7) is 2.44. The van der Waals surface area contributed by atoms with E-state index in [1.54, 1.807) is 0 Å². The van der Waals surface area contributed by atoms with Crippen LogP contribution in [0.5, 0.6) is 0 Å². The first-order valence-electron chi connectivity index (χ1n) is 9.07. The third-order valence-electron chi connectivity index (χ3n) is 5.42. The molecule has 0 saturated carbocycles. The lowest BCUT2D eigenvalue weighted by molar-refractivity contribution is 0.481. The van der Waals surface area contributed by atoms with Gasteiger partial charge in [-0.3, -0.25) is 0 Å². The van der Waals surface area contributed by atoms with Crippen molar-refractivity contribution >= 4 is 12.6 Å². The second-order valence-corrected chi connectivity index (χ2v) is 7.47. The summed E-state index contributed by atoms with van der Waals surface area (Å²) in [5.41, 5.74) is 6.13. The first-order chi connectivity index (χ1) is 11.3. The highest BCUT2D eigenvalue weighted by atomic mass is 32.1. The monoisotopic (exact) mass is 324 g/mol. The molecule has 0 heterocycles. The van der Waals surface area contributed by atoms with Crippen LogP contribution in [0.4, 0.5) is 0 Å². The minimum absolute atomic E-state index is 0.193. The first kappa shape index (κ1) is 16.6. The SMILES string of the molecule is CC1(CCCCCCCCS)c2ccccc2-c2ccccc21. The summed E-state index contributed by atoms with van der Waals surface area (Å²) in [5, 5.41) is 0. The summed E-state index contributed by atoms with van der Waals surface area (Å²) in [7, 11) is 0. The fourth-order valence-corrected chi connectivity index (χ4v) is 4.33. The molecule has 0 amide bonds. The molecule has 0 fully saturated rings. The van der Waals surface area contributed by atoms with Gasteiger partial charge in [0.2, 0.25) is 0 Å². The van der Waals surface area contributed by atoms with Crippen molar-refractivity contribution in [1.82, 2.24) is 0 Å². The molecule has 2 aromatic carbocycles. The Morgan fingerprint density at radius 3 is 1.74 bits per heavy atom. The van der Waals surface area contributed by atoms with Crippen molar-refractivity contribution in [1.29, 1.82) is 0 Å². The zero-order valence-corrected chi connectivity index (χ0v) is 15.1. The van der Waals surface area contributed by atoms with Crippen molar-refractivity contribution in [2.24, 2.45) is 0 Å². The number of rotatable bonds is 8. The smallest absolute Gasteiger partial charge is 0.0187 e. The third-order valence-corrected chi connectivity index (χ3v) is 5.73. The van der Waals surface area contributed by atoms with Crippen molar-refractivity contribution in [3.63, 3.8) is 0 Å². The van der Waals surface area contributed by atoms with E-state index in [4.69, 9.17) is 0 Å². The summed E-state index contributed by atoms with van der Waals surface area (Å²) >= 11 is 4.29. The van der Waals surface area contributed by atoms with Crippen LogP contribution in [-0.2, 0) is 5.41 Å². The Hall–Kier alpha value is -1.21. The molecule has 0 radical (unpaired) electrons. The molecule has 0 spiro atoms. The molecule has 0 bridgehead atoms. The van der Waals surface area contributed by atoms with Gasteiger partial charge in [0.15, 0.2) is 0 Å². The van der Waals surface area contributed by atoms with Crippen LogP contribution < -0.4 is 0 Å². The normalized spacial score (nSPS) is 14.5. The topological polar surface area (TPSA) is 0 Å². The Bertz CT molecular complexity index is 598. The number of hydrogen-bond acceptors (Lipinski definition) is 1. The molecular weight excluding hydrogens is 296 g/mol. The fraction of sp³-hybridized carbons (Fsp3) is 0.455. The van der Waals surface area contributed by atoms with E-state index in [0.717, 1.165) is 5.75 Å². The largest absolute Gasteiger partial charge is 0.179 e. The quantitative estimate of drug-likeness (QED) is 0.408. The standard InChI is InChI=1S/C22H28S/c1-22(16-10-4-2-3-5-11-17-23)20-14-8-6-12-18(20)19-13-7-9-15-21(19)22/h6-9,12-15,23H,2-5,10-11,16-17H2,1H3. The zero-order chi connectivity index (χ0) is 16.1. The molecule has 0 saturated heterocycles. The highest BCUT2D eigenvalue weighted by molar-refractivity contribution is 7.80. The van der Waals surface area contributed by atoms with Gasteiger partial charge in [0.05, 0.1) is 0 Å². The van der Waals surface area contributed by atoms with Crippen LogP contribution in [0, 0.1) is 0 Å². The minimum Gasteiger partial charge on any atom is -0.179 e. The number of fused-ring (bicyclic) bond motifs is 3. The van der Waals surface area contributed by atoms with E-state index in [1.807, 2.05) is 0 Å². The van der Waals surface area contributed by atoms with Gasteiger partial charge in [0.1, 0.15) is 0 Å². The lowest BCUT2D eigenvalue weighted by Crippen LogP contribution is -2.20. The summed E-state index contributed by atoms with van der Waals surface area (Å²) in [6, 6.07) is 18.0. The van der Waals surface area contributed by atoms with E-state index in [1.165, 1.54) is 67.2 Å². The third kappa shape index (κ3) is 3.35. The van der Waals surface area contributed by atoms with E-state index in [0.29, 0.717) is 0 Å². The van der Waals surface area contributed by atoms with Gasteiger partial charge >= 0.3 is 0 Å². The maximum Gasteiger partial charge on any atom is 0.0187 e. The summed E-state index contributed by atoms with van der Waals surface area (Å²) in [6.07, 6.45) is 9.27. The van der Waals surface area contributed by atoms with E-state index in [-0.39, 0.29) is 5.41 Å². The predicted octanol–water partition coefficient (Wildman–Crippen LogP) is 6.63.